The average Bonchev–Trinajstić information content (AvgIpc) is 3.31. The summed E-state index contributed by atoms with van der Waals surface area (Å²) in [7, 11) is 1.90. The second kappa shape index (κ2) is 8.88. The van der Waals surface area contributed by atoms with Crippen molar-refractivity contribution in [3.05, 3.63) is 99.9 Å². The predicted octanol–water partition coefficient (Wildman–Crippen LogP) is 6.88. The molecule has 2 aliphatic rings. The molecule has 0 aromatic heterocycles. The van der Waals surface area contributed by atoms with E-state index in [0.29, 0.717) is 10.1 Å². The highest BCUT2D eigenvalue weighted by Gasteiger charge is 2.39. The van der Waals surface area contributed by atoms with Crippen molar-refractivity contribution in [3.8, 4) is 0 Å². The summed E-state index contributed by atoms with van der Waals surface area (Å²) in [5.74, 6) is -0.221. The fourth-order valence-electron chi connectivity index (χ4n) is 3.69. The third-order valence-corrected chi connectivity index (χ3v) is 7.81. The maximum Gasteiger partial charge on any atom is 0.416 e. The molecule has 4 nitrogen and oxygen atoms in total. The molecule has 172 valence electrons. The number of hydrogen-bond acceptors (Lipinski definition) is 5. The van der Waals surface area contributed by atoms with Crippen LogP contribution in [0.3, 0.4) is 0 Å². The van der Waals surface area contributed by atoms with E-state index < -0.39 is 11.7 Å². The van der Waals surface area contributed by atoms with Crippen LogP contribution in [0, 0.1) is 0 Å². The number of rotatable bonds is 3. The molecule has 34 heavy (non-hydrogen) atoms. The number of anilines is 1. The maximum atomic E-state index is 13.6. The van der Waals surface area contributed by atoms with Crippen LogP contribution in [-0.2, 0) is 17.5 Å². The monoisotopic (exact) mass is 497 g/mol. The fraction of sp³-hybridized carbons (Fsp3) is 0.120. The minimum Gasteiger partial charge on any atom is -0.337 e. The Balaban J connectivity index is 1.56. The summed E-state index contributed by atoms with van der Waals surface area (Å²) >= 11 is 2.69. The first-order valence-electron chi connectivity index (χ1n) is 10.4. The van der Waals surface area contributed by atoms with Crippen LogP contribution in [0.1, 0.15) is 11.1 Å². The topological polar surface area (TPSA) is 35.9 Å². The van der Waals surface area contributed by atoms with Gasteiger partial charge in [-0.3, -0.25) is 9.69 Å². The third-order valence-electron chi connectivity index (χ3n) is 5.38. The molecule has 0 unspecified atom stereocenters. The molecule has 2 aliphatic heterocycles. The van der Waals surface area contributed by atoms with Gasteiger partial charge in [0, 0.05) is 11.9 Å². The number of thioether (sulfide) groups is 2. The quantitative estimate of drug-likeness (QED) is 0.370. The number of aliphatic imine (C=N–C) groups is 1. The number of hydrogen-bond donors (Lipinski definition) is 0. The highest BCUT2D eigenvalue weighted by atomic mass is 32.2. The SMILES string of the molecule is CN1/C(=C2\SC(=Nc3cccc(C(F)(F)F)c3)N(Cc3ccccc3)C2=O)Sc2ccccc21. The number of halogens is 3. The number of benzene rings is 3. The van der Waals surface area contributed by atoms with Crippen LogP contribution in [-0.4, -0.2) is 23.0 Å². The van der Waals surface area contributed by atoms with Gasteiger partial charge in [-0.05, 0) is 47.7 Å². The van der Waals surface area contributed by atoms with Gasteiger partial charge < -0.3 is 4.90 Å². The van der Waals surface area contributed by atoms with E-state index in [1.807, 2.05) is 66.5 Å². The van der Waals surface area contributed by atoms with Crippen LogP contribution >= 0.6 is 23.5 Å². The zero-order valence-electron chi connectivity index (χ0n) is 17.9. The number of amides is 1. The van der Waals surface area contributed by atoms with Gasteiger partial charge >= 0.3 is 6.18 Å². The molecule has 0 N–H and O–H groups in total. The van der Waals surface area contributed by atoms with E-state index in [9.17, 15) is 18.0 Å². The summed E-state index contributed by atoms with van der Waals surface area (Å²) in [6.45, 7) is 0.266. The Labute approximate surface area is 203 Å². The van der Waals surface area contributed by atoms with Crippen LogP contribution in [0.2, 0.25) is 0 Å². The Morgan fingerprint density at radius 2 is 1.65 bits per heavy atom. The van der Waals surface area contributed by atoms with Gasteiger partial charge in [0.2, 0.25) is 0 Å². The lowest BCUT2D eigenvalue weighted by Crippen LogP contribution is -2.29. The van der Waals surface area contributed by atoms with Crippen molar-refractivity contribution < 1.29 is 18.0 Å². The number of fused-ring (bicyclic) bond motifs is 1. The van der Waals surface area contributed by atoms with E-state index >= 15 is 0 Å². The zero-order chi connectivity index (χ0) is 23.9. The molecule has 5 rings (SSSR count). The van der Waals surface area contributed by atoms with Gasteiger partial charge in [0.1, 0.15) is 4.91 Å². The maximum absolute atomic E-state index is 13.6. The van der Waals surface area contributed by atoms with E-state index in [4.69, 9.17) is 0 Å². The van der Waals surface area contributed by atoms with Crippen LogP contribution in [0.4, 0.5) is 24.5 Å². The number of para-hydroxylation sites is 1. The largest absolute Gasteiger partial charge is 0.416 e. The molecule has 0 aliphatic carbocycles. The summed E-state index contributed by atoms with van der Waals surface area (Å²) in [6, 6.07) is 22.1. The van der Waals surface area contributed by atoms with Crippen molar-refractivity contribution >= 4 is 46.0 Å². The lowest BCUT2D eigenvalue weighted by molar-refractivity contribution is -0.137. The average molecular weight is 498 g/mol. The minimum atomic E-state index is -4.47. The third kappa shape index (κ3) is 4.33. The number of alkyl halides is 3. The molecule has 1 fully saturated rings. The molecule has 1 saturated heterocycles. The normalized spacial score (nSPS) is 19.3. The molecule has 3 aromatic rings. The summed E-state index contributed by atoms with van der Waals surface area (Å²) in [5.41, 5.74) is 1.26. The molecule has 2 heterocycles. The van der Waals surface area contributed by atoms with Crippen LogP contribution < -0.4 is 4.90 Å². The first kappa shape index (κ1) is 22.6. The van der Waals surface area contributed by atoms with E-state index in [1.54, 1.807) is 0 Å². The minimum absolute atomic E-state index is 0.144. The molecule has 0 saturated carbocycles. The van der Waals surface area contributed by atoms with Crippen LogP contribution in [0.15, 0.2) is 98.7 Å². The fourth-order valence-corrected chi connectivity index (χ4v) is 6.03. The van der Waals surface area contributed by atoms with Gasteiger partial charge in [0.05, 0.1) is 28.5 Å². The van der Waals surface area contributed by atoms with Crippen molar-refractivity contribution in [1.82, 2.24) is 4.90 Å². The highest BCUT2D eigenvalue weighted by molar-refractivity contribution is 8.19. The Bertz CT molecular complexity index is 1320. The molecular weight excluding hydrogens is 479 g/mol. The first-order valence-corrected chi connectivity index (χ1v) is 12.0. The van der Waals surface area contributed by atoms with Crippen molar-refractivity contribution in [2.24, 2.45) is 4.99 Å². The van der Waals surface area contributed by atoms with Gasteiger partial charge in [-0.15, -0.1) is 0 Å². The number of carbonyl (C=O) groups is 1. The lowest BCUT2D eigenvalue weighted by atomic mass is 10.2. The van der Waals surface area contributed by atoms with Crippen molar-refractivity contribution in [2.45, 2.75) is 17.6 Å². The lowest BCUT2D eigenvalue weighted by Gasteiger charge is -2.17. The summed E-state index contributed by atoms with van der Waals surface area (Å²) in [5, 5.41) is 1.13. The van der Waals surface area contributed by atoms with Gasteiger partial charge in [0.25, 0.3) is 5.91 Å². The Kier molecular flexibility index (Phi) is 5.91. The molecule has 0 atom stereocenters. The van der Waals surface area contributed by atoms with Gasteiger partial charge in [-0.2, -0.15) is 13.2 Å². The standard InChI is InChI=1S/C25H18F3N3OS2/c1-30-19-12-5-6-13-20(19)33-23(30)21-22(32)31(15-16-8-3-2-4-9-16)24(34-21)29-18-11-7-10-17(14-18)25(26,27)28/h2-14H,15H2,1H3/b23-21+,29-24?. The Hall–Kier alpha value is -3.17. The van der Waals surface area contributed by atoms with Gasteiger partial charge in [0.15, 0.2) is 5.17 Å². The molecule has 0 radical (unpaired) electrons. The first-order chi connectivity index (χ1) is 16.3. The summed E-state index contributed by atoms with van der Waals surface area (Å²) in [4.78, 5) is 23.1. The van der Waals surface area contributed by atoms with Crippen molar-refractivity contribution in [1.29, 1.82) is 0 Å². The van der Waals surface area contributed by atoms with Crippen molar-refractivity contribution in [3.63, 3.8) is 0 Å². The summed E-state index contributed by atoms with van der Waals surface area (Å²) in [6.07, 6.45) is -4.47. The van der Waals surface area contributed by atoms with E-state index in [1.165, 1.54) is 40.6 Å². The number of amidine groups is 1. The molecular formula is C25H18F3N3OS2. The Morgan fingerprint density at radius 1 is 0.912 bits per heavy atom. The molecule has 9 heteroatoms. The number of carbonyl (C=O) groups excluding carboxylic acids is 1. The van der Waals surface area contributed by atoms with Gasteiger partial charge in [-0.1, -0.05) is 60.3 Å². The second-order valence-corrected chi connectivity index (χ2v) is 9.69. The highest BCUT2D eigenvalue weighted by Crippen LogP contribution is 2.50. The van der Waals surface area contributed by atoms with Crippen LogP contribution in [0.5, 0.6) is 0 Å². The zero-order valence-corrected chi connectivity index (χ0v) is 19.5. The molecule has 0 bridgehead atoms. The van der Waals surface area contributed by atoms with E-state index in [-0.39, 0.29) is 18.1 Å². The second-order valence-electron chi connectivity index (χ2n) is 7.68. The smallest absolute Gasteiger partial charge is 0.337 e. The van der Waals surface area contributed by atoms with Gasteiger partial charge in [-0.25, -0.2) is 4.99 Å². The molecule has 1 amide bonds. The molecule has 0 spiro atoms. The Morgan fingerprint density at radius 3 is 2.38 bits per heavy atom. The predicted molar refractivity (Wildman–Crippen MR) is 131 cm³/mol. The van der Waals surface area contributed by atoms with Crippen molar-refractivity contribution in [2.75, 3.05) is 11.9 Å². The molecule has 3 aromatic carbocycles. The van der Waals surface area contributed by atoms with E-state index in [0.717, 1.165) is 33.3 Å². The van der Waals surface area contributed by atoms with E-state index in [2.05, 4.69) is 4.99 Å². The number of nitrogens with zero attached hydrogens (tertiary/aromatic N) is 3. The van der Waals surface area contributed by atoms with Crippen LogP contribution in [0.25, 0.3) is 0 Å². The summed E-state index contributed by atoms with van der Waals surface area (Å²) < 4.78 is 39.6.